The molecule has 2 N–H and O–H groups in total. The van der Waals surface area contributed by atoms with Crippen LogP contribution in [0.15, 0.2) is 24.3 Å². The van der Waals surface area contributed by atoms with E-state index < -0.39 is 10.0 Å². The van der Waals surface area contributed by atoms with E-state index in [4.69, 9.17) is 11.6 Å². The van der Waals surface area contributed by atoms with Gasteiger partial charge in [0.2, 0.25) is 10.0 Å². The Balaban J connectivity index is 2.48. The predicted octanol–water partition coefficient (Wildman–Crippen LogP) is 1.54. The Morgan fingerprint density at radius 2 is 2.12 bits per heavy atom. The molecule has 0 bridgehead atoms. The van der Waals surface area contributed by atoms with Gasteiger partial charge < -0.3 is 5.32 Å². The summed E-state index contributed by atoms with van der Waals surface area (Å²) in [5, 5.41) is 3.82. The lowest BCUT2D eigenvalue weighted by Gasteiger charge is -2.14. The smallest absolute Gasteiger partial charge is 0.212 e. The average Bonchev–Trinajstić information content (AvgIpc) is 2.28. The Bertz CT molecular complexity index is 462. The molecule has 6 heteroatoms. The molecule has 0 aromatic heterocycles. The van der Waals surface area contributed by atoms with Crippen molar-refractivity contribution in [3.05, 3.63) is 34.9 Å². The Labute approximate surface area is 107 Å². The first kappa shape index (κ1) is 14.4. The Morgan fingerprint density at radius 3 is 2.71 bits per heavy atom. The molecule has 0 saturated heterocycles. The topological polar surface area (TPSA) is 58.2 Å². The highest BCUT2D eigenvalue weighted by Gasteiger charge is 2.09. The summed E-state index contributed by atoms with van der Waals surface area (Å²) in [6.07, 6.45) is 0. The van der Waals surface area contributed by atoms with Gasteiger partial charge in [0.25, 0.3) is 0 Å². The van der Waals surface area contributed by atoms with Gasteiger partial charge in [-0.3, -0.25) is 0 Å². The summed E-state index contributed by atoms with van der Waals surface area (Å²) in [6, 6.07) is 7.58. The second kappa shape index (κ2) is 6.35. The van der Waals surface area contributed by atoms with Crippen LogP contribution < -0.4 is 10.0 Å². The van der Waals surface area contributed by atoms with E-state index in [9.17, 15) is 8.42 Å². The number of benzene rings is 1. The third-order valence-electron chi connectivity index (χ3n) is 2.48. The quantitative estimate of drug-likeness (QED) is 0.829. The molecule has 4 nitrogen and oxygen atoms in total. The first-order valence-corrected chi connectivity index (χ1v) is 7.37. The van der Waals surface area contributed by atoms with Crippen molar-refractivity contribution in [3.8, 4) is 0 Å². The molecule has 0 aliphatic carbocycles. The lowest BCUT2D eigenvalue weighted by molar-refractivity contribution is 0.567. The van der Waals surface area contributed by atoms with Crippen molar-refractivity contribution in [2.75, 3.05) is 19.3 Å². The van der Waals surface area contributed by atoms with E-state index in [1.165, 1.54) is 7.05 Å². The maximum Gasteiger partial charge on any atom is 0.212 e. The molecule has 0 spiro atoms. The van der Waals surface area contributed by atoms with Gasteiger partial charge >= 0.3 is 0 Å². The molecule has 0 amide bonds. The van der Waals surface area contributed by atoms with E-state index in [0.717, 1.165) is 5.56 Å². The summed E-state index contributed by atoms with van der Waals surface area (Å²) < 4.78 is 24.7. The summed E-state index contributed by atoms with van der Waals surface area (Å²) >= 11 is 5.88. The fourth-order valence-electron chi connectivity index (χ4n) is 1.41. The number of hydrogen-bond donors (Lipinski definition) is 2. The van der Waals surface area contributed by atoms with Crippen LogP contribution in [0.3, 0.4) is 0 Å². The number of sulfonamides is 1. The van der Waals surface area contributed by atoms with Crippen molar-refractivity contribution in [1.82, 2.24) is 10.0 Å². The van der Waals surface area contributed by atoms with Crippen molar-refractivity contribution < 1.29 is 8.42 Å². The molecule has 1 unspecified atom stereocenters. The van der Waals surface area contributed by atoms with Gasteiger partial charge in [0.1, 0.15) is 0 Å². The highest BCUT2D eigenvalue weighted by molar-refractivity contribution is 7.89. The average molecular weight is 277 g/mol. The number of hydrogen-bond acceptors (Lipinski definition) is 3. The van der Waals surface area contributed by atoms with Gasteiger partial charge in [-0.15, -0.1) is 0 Å². The van der Waals surface area contributed by atoms with E-state index in [1.807, 2.05) is 31.2 Å². The largest absolute Gasteiger partial charge is 0.309 e. The van der Waals surface area contributed by atoms with Crippen LogP contribution >= 0.6 is 11.6 Å². The molecule has 96 valence electrons. The minimum Gasteiger partial charge on any atom is -0.309 e. The third kappa shape index (κ3) is 5.04. The van der Waals surface area contributed by atoms with Crippen molar-refractivity contribution in [2.24, 2.45) is 0 Å². The highest BCUT2D eigenvalue weighted by Crippen LogP contribution is 2.16. The lowest BCUT2D eigenvalue weighted by atomic mass is 10.1. The molecular weight excluding hydrogens is 260 g/mol. The van der Waals surface area contributed by atoms with Crippen molar-refractivity contribution in [2.45, 2.75) is 13.0 Å². The van der Waals surface area contributed by atoms with Crippen molar-refractivity contribution >= 4 is 21.6 Å². The van der Waals surface area contributed by atoms with E-state index in [2.05, 4.69) is 10.0 Å². The van der Waals surface area contributed by atoms with Gasteiger partial charge in [0.05, 0.1) is 5.75 Å². The number of nitrogens with one attached hydrogen (secondary N) is 2. The first-order valence-electron chi connectivity index (χ1n) is 5.34. The van der Waals surface area contributed by atoms with Crippen LogP contribution in [0.5, 0.6) is 0 Å². The zero-order valence-corrected chi connectivity index (χ0v) is 11.5. The molecule has 0 radical (unpaired) electrons. The van der Waals surface area contributed by atoms with Crippen LogP contribution in [-0.4, -0.2) is 27.8 Å². The monoisotopic (exact) mass is 276 g/mol. The van der Waals surface area contributed by atoms with Gasteiger partial charge in [-0.1, -0.05) is 23.7 Å². The normalized spacial score (nSPS) is 13.6. The molecular formula is C11H17ClN2O2S. The first-order chi connectivity index (χ1) is 7.94. The van der Waals surface area contributed by atoms with Crippen molar-refractivity contribution in [3.63, 3.8) is 0 Å². The molecule has 0 aliphatic heterocycles. The van der Waals surface area contributed by atoms with Gasteiger partial charge in [0, 0.05) is 17.6 Å². The highest BCUT2D eigenvalue weighted by atomic mass is 35.5. The standard InChI is InChI=1S/C11H17ClN2O2S/c1-9(10-4-3-5-11(12)8-10)14-6-7-17(15,16)13-2/h3-5,8-9,13-14H,6-7H2,1-2H3. The van der Waals surface area contributed by atoms with Crippen LogP contribution in [-0.2, 0) is 10.0 Å². The molecule has 0 fully saturated rings. The summed E-state index contributed by atoms with van der Waals surface area (Å²) in [7, 11) is -1.73. The van der Waals surface area contributed by atoms with Gasteiger partial charge in [0.15, 0.2) is 0 Å². The summed E-state index contributed by atoms with van der Waals surface area (Å²) in [6.45, 7) is 2.37. The predicted molar refractivity (Wildman–Crippen MR) is 70.7 cm³/mol. The van der Waals surface area contributed by atoms with Crippen molar-refractivity contribution in [1.29, 1.82) is 0 Å². The molecule has 1 aromatic rings. The van der Waals surface area contributed by atoms with E-state index in [0.29, 0.717) is 11.6 Å². The molecule has 0 saturated carbocycles. The van der Waals surface area contributed by atoms with Crippen LogP contribution in [0.4, 0.5) is 0 Å². The molecule has 0 heterocycles. The summed E-state index contributed by atoms with van der Waals surface area (Å²) in [5.74, 6) is 0.0639. The Morgan fingerprint density at radius 1 is 1.41 bits per heavy atom. The Hall–Kier alpha value is -0.620. The summed E-state index contributed by atoms with van der Waals surface area (Å²) in [5.41, 5.74) is 1.04. The maximum atomic E-state index is 11.2. The van der Waals surface area contributed by atoms with Crippen LogP contribution in [0, 0.1) is 0 Å². The minimum atomic E-state index is -3.14. The molecule has 17 heavy (non-hydrogen) atoms. The van der Waals surface area contributed by atoms with Gasteiger partial charge in [-0.25, -0.2) is 13.1 Å². The van der Waals surface area contributed by atoms with Crippen LogP contribution in [0.2, 0.25) is 5.02 Å². The maximum absolute atomic E-state index is 11.2. The zero-order chi connectivity index (χ0) is 12.9. The second-order valence-electron chi connectivity index (χ2n) is 3.75. The fourth-order valence-corrected chi connectivity index (χ4v) is 2.20. The van der Waals surface area contributed by atoms with Gasteiger partial charge in [-0.2, -0.15) is 0 Å². The zero-order valence-electron chi connectivity index (χ0n) is 9.90. The van der Waals surface area contributed by atoms with E-state index in [-0.39, 0.29) is 11.8 Å². The molecule has 1 atom stereocenters. The summed E-state index contributed by atoms with van der Waals surface area (Å²) in [4.78, 5) is 0. The SMILES string of the molecule is CNS(=O)(=O)CCNC(C)c1cccc(Cl)c1. The van der Waals surface area contributed by atoms with Gasteiger partial charge in [-0.05, 0) is 31.7 Å². The van der Waals surface area contributed by atoms with E-state index >= 15 is 0 Å². The Kier molecular flexibility index (Phi) is 5.39. The van der Waals surface area contributed by atoms with E-state index in [1.54, 1.807) is 0 Å². The molecule has 0 aliphatic rings. The second-order valence-corrected chi connectivity index (χ2v) is 6.24. The number of halogens is 1. The fraction of sp³-hybridized carbons (Fsp3) is 0.455. The van der Waals surface area contributed by atoms with Crippen LogP contribution in [0.25, 0.3) is 0 Å². The molecule has 1 rings (SSSR count). The minimum absolute atomic E-state index is 0.0639. The number of rotatable bonds is 6. The van der Waals surface area contributed by atoms with Crippen LogP contribution in [0.1, 0.15) is 18.5 Å². The third-order valence-corrected chi connectivity index (χ3v) is 4.08. The molecule has 1 aromatic carbocycles. The lowest BCUT2D eigenvalue weighted by Crippen LogP contribution is -2.30.